The summed E-state index contributed by atoms with van der Waals surface area (Å²) in [5, 5.41) is 6.66. The monoisotopic (exact) mass is 432 g/mol. The lowest BCUT2D eigenvalue weighted by molar-refractivity contribution is 0.0827. The lowest BCUT2D eigenvalue weighted by atomic mass is 10.1. The van der Waals surface area contributed by atoms with Crippen molar-refractivity contribution in [2.24, 2.45) is 4.99 Å². The topological polar surface area (TPSA) is 74.5 Å². The van der Waals surface area contributed by atoms with Crippen molar-refractivity contribution in [2.75, 3.05) is 27.2 Å². The van der Waals surface area contributed by atoms with Gasteiger partial charge in [-0.3, -0.25) is 4.79 Å². The van der Waals surface area contributed by atoms with Crippen molar-refractivity contribution in [3.63, 3.8) is 0 Å². The molecule has 168 valence electrons. The molecule has 1 amide bonds. The van der Waals surface area contributed by atoms with Gasteiger partial charge in [0.25, 0.3) is 5.91 Å². The summed E-state index contributed by atoms with van der Waals surface area (Å²) in [5.74, 6) is 1.68. The molecule has 0 aliphatic heterocycles. The van der Waals surface area contributed by atoms with Crippen molar-refractivity contribution in [1.29, 1.82) is 0 Å². The Labute approximate surface area is 190 Å². The van der Waals surface area contributed by atoms with E-state index in [4.69, 9.17) is 4.99 Å². The standard InChI is InChI=1S/C25H32N6O/c1-4-26-25(28-14-13-20-11-8-12-22(17-20)24(32)30(2)3)29-18-23-27-15-16-31(23)19-21-9-6-5-7-10-21/h5-12,15-17H,4,13-14,18-19H2,1-3H3,(H2,26,28,29). The van der Waals surface area contributed by atoms with Crippen molar-refractivity contribution in [1.82, 2.24) is 25.1 Å². The number of amides is 1. The molecule has 0 aliphatic rings. The number of hydrogen-bond donors (Lipinski definition) is 2. The van der Waals surface area contributed by atoms with E-state index in [9.17, 15) is 4.79 Å². The smallest absolute Gasteiger partial charge is 0.253 e. The molecule has 0 unspecified atom stereocenters. The second-order valence-electron chi connectivity index (χ2n) is 7.73. The van der Waals surface area contributed by atoms with Crippen LogP contribution in [-0.2, 0) is 19.5 Å². The highest BCUT2D eigenvalue weighted by atomic mass is 16.2. The molecule has 0 fully saturated rings. The number of hydrogen-bond acceptors (Lipinski definition) is 3. The maximum atomic E-state index is 12.2. The highest BCUT2D eigenvalue weighted by Crippen LogP contribution is 2.08. The van der Waals surface area contributed by atoms with E-state index < -0.39 is 0 Å². The van der Waals surface area contributed by atoms with Crippen LogP contribution in [0.5, 0.6) is 0 Å². The van der Waals surface area contributed by atoms with E-state index >= 15 is 0 Å². The summed E-state index contributed by atoms with van der Waals surface area (Å²) in [6.07, 6.45) is 4.60. The first-order valence-corrected chi connectivity index (χ1v) is 10.9. The fraction of sp³-hybridized carbons (Fsp3) is 0.320. The first-order chi connectivity index (χ1) is 15.6. The average molecular weight is 433 g/mol. The highest BCUT2D eigenvalue weighted by molar-refractivity contribution is 5.94. The number of aliphatic imine (C=N–C) groups is 1. The van der Waals surface area contributed by atoms with Crippen molar-refractivity contribution in [3.05, 3.63) is 89.5 Å². The van der Waals surface area contributed by atoms with E-state index in [2.05, 4.69) is 32.3 Å². The van der Waals surface area contributed by atoms with Gasteiger partial charge in [0.1, 0.15) is 12.4 Å². The van der Waals surface area contributed by atoms with E-state index in [0.29, 0.717) is 18.7 Å². The minimum Gasteiger partial charge on any atom is -0.357 e. The number of carbonyl (C=O) groups excluding carboxylic acids is 1. The summed E-state index contributed by atoms with van der Waals surface area (Å²) in [6.45, 7) is 4.80. The minimum absolute atomic E-state index is 0.0146. The van der Waals surface area contributed by atoms with Crippen LogP contribution >= 0.6 is 0 Å². The van der Waals surface area contributed by atoms with Crippen LogP contribution in [0.2, 0.25) is 0 Å². The van der Waals surface area contributed by atoms with Gasteiger partial charge in [-0.15, -0.1) is 0 Å². The maximum absolute atomic E-state index is 12.2. The molecule has 32 heavy (non-hydrogen) atoms. The number of nitrogens with zero attached hydrogens (tertiary/aromatic N) is 4. The van der Waals surface area contributed by atoms with Crippen molar-refractivity contribution >= 4 is 11.9 Å². The Morgan fingerprint density at radius 1 is 1.06 bits per heavy atom. The largest absolute Gasteiger partial charge is 0.357 e. The molecule has 1 aromatic heterocycles. The molecule has 0 aliphatic carbocycles. The summed E-state index contributed by atoms with van der Waals surface area (Å²) in [5.41, 5.74) is 3.05. The number of rotatable bonds is 9. The van der Waals surface area contributed by atoms with Gasteiger partial charge >= 0.3 is 0 Å². The Morgan fingerprint density at radius 3 is 2.59 bits per heavy atom. The van der Waals surface area contributed by atoms with Crippen LogP contribution in [0.25, 0.3) is 0 Å². The quantitative estimate of drug-likeness (QED) is 0.403. The van der Waals surface area contributed by atoms with Gasteiger partial charge in [-0.1, -0.05) is 42.5 Å². The first kappa shape index (κ1) is 23.1. The Balaban J connectivity index is 1.58. The van der Waals surface area contributed by atoms with E-state index in [0.717, 1.165) is 36.9 Å². The minimum atomic E-state index is 0.0146. The second-order valence-corrected chi connectivity index (χ2v) is 7.73. The van der Waals surface area contributed by atoms with Crippen LogP contribution < -0.4 is 10.6 Å². The van der Waals surface area contributed by atoms with Gasteiger partial charge < -0.3 is 20.1 Å². The molecule has 0 atom stereocenters. The van der Waals surface area contributed by atoms with Crippen LogP contribution in [0, 0.1) is 0 Å². The SMILES string of the molecule is CCNC(=NCc1nccn1Cc1ccccc1)NCCc1cccc(C(=O)N(C)C)c1. The number of benzene rings is 2. The molecule has 3 rings (SSSR count). The lowest BCUT2D eigenvalue weighted by Crippen LogP contribution is -2.38. The Kier molecular flexibility index (Phi) is 8.43. The molecule has 0 spiro atoms. The molecular weight excluding hydrogens is 400 g/mol. The average Bonchev–Trinajstić information content (AvgIpc) is 3.24. The third-order valence-corrected chi connectivity index (χ3v) is 5.01. The Morgan fingerprint density at radius 2 is 1.84 bits per heavy atom. The zero-order valence-corrected chi connectivity index (χ0v) is 19.1. The van der Waals surface area contributed by atoms with Crippen LogP contribution in [0.4, 0.5) is 0 Å². The van der Waals surface area contributed by atoms with Crippen molar-refractivity contribution in [3.8, 4) is 0 Å². The second kappa shape index (κ2) is 11.7. The molecule has 7 heteroatoms. The zero-order chi connectivity index (χ0) is 22.8. The first-order valence-electron chi connectivity index (χ1n) is 10.9. The van der Waals surface area contributed by atoms with Crippen LogP contribution in [-0.4, -0.2) is 53.5 Å². The highest BCUT2D eigenvalue weighted by Gasteiger charge is 2.08. The van der Waals surface area contributed by atoms with Gasteiger partial charge in [-0.05, 0) is 36.6 Å². The Hall–Kier alpha value is -3.61. The molecule has 0 bridgehead atoms. The fourth-order valence-corrected chi connectivity index (χ4v) is 3.35. The predicted molar refractivity (Wildman–Crippen MR) is 129 cm³/mol. The maximum Gasteiger partial charge on any atom is 0.253 e. The lowest BCUT2D eigenvalue weighted by Gasteiger charge is -2.13. The van der Waals surface area contributed by atoms with Gasteiger partial charge in [-0.2, -0.15) is 0 Å². The van der Waals surface area contributed by atoms with Crippen LogP contribution in [0.3, 0.4) is 0 Å². The summed E-state index contributed by atoms with van der Waals surface area (Å²) >= 11 is 0. The Bertz CT molecular complexity index is 1030. The molecular formula is C25H32N6O. The van der Waals surface area contributed by atoms with E-state index in [1.165, 1.54) is 5.56 Å². The van der Waals surface area contributed by atoms with Crippen LogP contribution in [0.15, 0.2) is 72.0 Å². The van der Waals surface area contributed by atoms with Gasteiger partial charge in [0.05, 0.1) is 0 Å². The molecule has 2 aromatic carbocycles. The van der Waals surface area contributed by atoms with E-state index in [1.54, 1.807) is 19.0 Å². The normalized spacial score (nSPS) is 11.3. The van der Waals surface area contributed by atoms with Gasteiger partial charge in [-0.25, -0.2) is 9.98 Å². The number of guanidine groups is 1. The number of imidazole rings is 1. The molecule has 1 heterocycles. The molecule has 0 saturated carbocycles. The van der Waals surface area contributed by atoms with Crippen molar-refractivity contribution in [2.45, 2.75) is 26.4 Å². The molecule has 3 aromatic rings. The van der Waals surface area contributed by atoms with Crippen molar-refractivity contribution < 1.29 is 4.79 Å². The zero-order valence-electron chi connectivity index (χ0n) is 19.1. The fourth-order valence-electron chi connectivity index (χ4n) is 3.35. The third-order valence-electron chi connectivity index (χ3n) is 5.01. The molecule has 2 N–H and O–H groups in total. The summed E-state index contributed by atoms with van der Waals surface area (Å²) in [6, 6.07) is 18.1. The van der Waals surface area contributed by atoms with Crippen LogP contribution in [0.1, 0.15) is 34.2 Å². The molecule has 7 nitrogen and oxygen atoms in total. The summed E-state index contributed by atoms with van der Waals surface area (Å²) in [7, 11) is 3.53. The number of nitrogens with one attached hydrogen (secondary N) is 2. The van der Waals surface area contributed by atoms with Gasteiger partial charge in [0, 0.05) is 51.7 Å². The van der Waals surface area contributed by atoms with E-state index in [-0.39, 0.29) is 5.91 Å². The van der Waals surface area contributed by atoms with Gasteiger partial charge in [0.15, 0.2) is 5.96 Å². The van der Waals surface area contributed by atoms with Gasteiger partial charge in [0.2, 0.25) is 0 Å². The number of aromatic nitrogens is 2. The molecule has 0 saturated heterocycles. The summed E-state index contributed by atoms with van der Waals surface area (Å²) in [4.78, 5) is 23.0. The van der Waals surface area contributed by atoms with E-state index in [1.807, 2.05) is 61.8 Å². The predicted octanol–water partition coefficient (Wildman–Crippen LogP) is 2.93. The third kappa shape index (κ3) is 6.70. The summed E-state index contributed by atoms with van der Waals surface area (Å²) < 4.78 is 2.12. The molecule has 0 radical (unpaired) electrons. The number of carbonyl (C=O) groups is 1.